The van der Waals surface area contributed by atoms with Crippen LogP contribution in [0.4, 0.5) is 0 Å². The second-order valence-electron chi connectivity index (χ2n) is 6.27. The van der Waals surface area contributed by atoms with Crippen LogP contribution in [0, 0.1) is 13.8 Å². The van der Waals surface area contributed by atoms with Crippen molar-refractivity contribution in [1.29, 1.82) is 0 Å². The van der Waals surface area contributed by atoms with Gasteiger partial charge in [-0.05, 0) is 31.5 Å². The van der Waals surface area contributed by atoms with E-state index in [9.17, 15) is 30.0 Å². The Morgan fingerprint density at radius 1 is 1.18 bits per heavy atom. The molecule has 148 valence electrons. The summed E-state index contributed by atoms with van der Waals surface area (Å²) in [6.07, 6.45) is -1.53. The topological polar surface area (TPSA) is 143 Å². The standard InChI is InChI=1S/C19H18O9/c1-7-4-11(20)8(2)15(21)13(7)18(24)27-6-10-12(26-3)5-9-14(16(10)22)19(25)28-17(9)23/h4-5,17,20-23H,6H2,1-3H3/t17-/m1/s1. The molecule has 1 aliphatic rings. The van der Waals surface area contributed by atoms with Gasteiger partial charge in [0.25, 0.3) is 0 Å². The Bertz CT molecular complexity index is 994. The molecule has 4 N–H and O–H groups in total. The van der Waals surface area contributed by atoms with Crippen molar-refractivity contribution in [2.75, 3.05) is 7.11 Å². The van der Waals surface area contributed by atoms with E-state index >= 15 is 0 Å². The van der Waals surface area contributed by atoms with Crippen LogP contribution in [0.1, 0.15) is 49.3 Å². The van der Waals surface area contributed by atoms with Crippen molar-refractivity contribution >= 4 is 11.9 Å². The van der Waals surface area contributed by atoms with Crippen LogP contribution in [0.15, 0.2) is 12.1 Å². The lowest BCUT2D eigenvalue weighted by Crippen LogP contribution is -2.10. The predicted octanol–water partition coefficient (Wildman–Crippen LogP) is 1.95. The molecule has 2 aromatic carbocycles. The van der Waals surface area contributed by atoms with E-state index in [2.05, 4.69) is 4.74 Å². The number of hydrogen-bond donors (Lipinski definition) is 4. The van der Waals surface area contributed by atoms with Gasteiger partial charge in [-0.25, -0.2) is 9.59 Å². The first kappa shape index (κ1) is 19.3. The molecule has 0 aliphatic carbocycles. The Hall–Kier alpha value is -3.46. The van der Waals surface area contributed by atoms with E-state index in [-0.39, 0.29) is 39.3 Å². The average Bonchev–Trinajstić information content (AvgIpc) is 2.92. The summed E-state index contributed by atoms with van der Waals surface area (Å²) in [5.41, 5.74) is 0.0728. The summed E-state index contributed by atoms with van der Waals surface area (Å²) in [5, 5.41) is 40.0. The number of phenolic OH excluding ortho intramolecular Hbond substituents is 3. The Balaban J connectivity index is 1.94. The van der Waals surface area contributed by atoms with Gasteiger partial charge in [0.05, 0.1) is 12.7 Å². The number of benzene rings is 2. The Labute approximate surface area is 159 Å². The van der Waals surface area contributed by atoms with Crippen LogP contribution in [0.2, 0.25) is 0 Å². The molecule has 0 saturated heterocycles. The zero-order chi connectivity index (χ0) is 20.7. The van der Waals surface area contributed by atoms with Gasteiger partial charge >= 0.3 is 11.9 Å². The van der Waals surface area contributed by atoms with E-state index in [1.165, 1.54) is 33.1 Å². The summed E-state index contributed by atoms with van der Waals surface area (Å²) in [5.74, 6) is -2.86. The number of rotatable bonds is 4. The van der Waals surface area contributed by atoms with Crippen LogP contribution in [-0.2, 0) is 16.1 Å². The molecule has 0 unspecified atom stereocenters. The summed E-state index contributed by atoms with van der Waals surface area (Å²) in [6, 6.07) is 2.62. The monoisotopic (exact) mass is 390 g/mol. The minimum Gasteiger partial charge on any atom is -0.508 e. The number of aryl methyl sites for hydroxylation is 1. The molecule has 9 heteroatoms. The molecule has 0 fully saturated rings. The number of cyclic esters (lactones) is 1. The van der Waals surface area contributed by atoms with Crippen LogP contribution in [0.5, 0.6) is 23.0 Å². The van der Waals surface area contributed by atoms with Gasteiger partial charge in [0.2, 0.25) is 6.29 Å². The minimum atomic E-state index is -1.53. The summed E-state index contributed by atoms with van der Waals surface area (Å²) in [4.78, 5) is 24.3. The molecule has 0 saturated carbocycles. The molecule has 2 aromatic rings. The molecule has 1 aliphatic heterocycles. The predicted molar refractivity (Wildman–Crippen MR) is 93.4 cm³/mol. The zero-order valence-electron chi connectivity index (χ0n) is 15.3. The van der Waals surface area contributed by atoms with E-state index < -0.39 is 36.3 Å². The number of hydrogen-bond acceptors (Lipinski definition) is 9. The number of aromatic hydroxyl groups is 3. The number of aliphatic hydroxyl groups excluding tert-OH is 1. The van der Waals surface area contributed by atoms with Crippen molar-refractivity contribution in [3.05, 3.63) is 45.5 Å². The number of aliphatic hydroxyl groups is 1. The smallest absolute Gasteiger partial charge is 0.345 e. The van der Waals surface area contributed by atoms with Crippen molar-refractivity contribution < 1.29 is 44.2 Å². The lowest BCUT2D eigenvalue weighted by molar-refractivity contribution is -0.0548. The van der Waals surface area contributed by atoms with Crippen LogP contribution in [0.25, 0.3) is 0 Å². The first-order valence-electron chi connectivity index (χ1n) is 8.18. The number of carbonyl (C=O) groups excluding carboxylic acids is 2. The summed E-state index contributed by atoms with van der Waals surface area (Å²) in [6.45, 7) is 2.47. The second kappa shape index (κ2) is 6.93. The summed E-state index contributed by atoms with van der Waals surface area (Å²) < 4.78 is 15.0. The molecule has 1 atom stereocenters. The van der Waals surface area contributed by atoms with E-state index in [0.29, 0.717) is 5.56 Å². The molecule has 28 heavy (non-hydrogen) atoms. The van der Waals surface area contributed by atoms with E-state index in [0.717, 1.165) is 0 Å². The normalized spacial score (nSPS) is 15.1. The van der Waals surface area contributed by atoms with Gasteiger partial charge in [0, 0.05) is 11.1 Å². The molecule has 0 amide bonds. The van der Waals surface area contributed by atoms with Crippen LogP contribution < -0.4 is 4.74 Å². The van der Waals surface area contributed by atoms with Crippen LogP contribution >= 0.6 is 0 Å². The van der Waals surface area contributed by atoms with Gasteiger partial charge in [-0.3, -0.25) is 0 Å². The Morgan fingerprint density at radius 2 is 1.86 bits per heavy atom. The molecule has 3 rings (SSSR count). The molecule has 0 spiro atoms. The fourth-order valence-electron chi connectivity index (χ4n) is 3.01. The minimum absolute atomic E-state index is 0.00621. The first-order chi connectivity index (χ1) is 13.2. The number of fused-ring (bicyclic) bond motifs is 1. The van der Waals surface area contributed by atoms with Gasteiger partial charge in [0.15, 0.2) is 0 Å². The third-order valence-electron chi connectivity index (χ3n) is 4.58. The lowest BCUT2D eigenvalue weighted by Gasteiger charge is -2.15. The number of phenols is 3. The van der Waals surface area contributed by atoms with Crippen LogP contribution in [-0.4, -0.2) is 39.5 Å². The van der Waals surface area contributed by atoms with Crippen LogP contribution in [0.3, 0.4) is 0 Å². The second-order valence-corrected chi connectivity index (χ2v) is 6.27. The largest absolute Gasteiger partial charge is 0.508 e. The average molecular weight is 390 g/mol. The van der Waals surface area contributed by atoms with Crippen molar-refractivity contribution in [3.63, 3.8) is 0 Å². The van der Waals surface area contributed by atoms with Gasteiger partial charge < -0.3 is 34.6 Å². The fourth-order valence-corrected chi connectivity index (χ4v) is 3.01. The molecule has 1 heterocycles. The quantitative estimate of drug-likeness (QED) is 0.576. The zero-order valence-corrected chi connectivity index (χ0v) is 15.3. The highest BCUT2D eigenvalue weighted by molar-refractivity contribution is 5.98. The fraction of sp³-hybridized carbons (Fsp3) is 0.263. The summed E-state index contributed by atoms with van der Waals surface area (Å²) >= 11 is 0. The van der Waals surface area contributed by atoms with Crippen molar-refractivity contribution in [3.8, 4) is 23.0 Å². The molecule has 0 bridgehead atoms. The number of methoxy groups -OCH3 is 1. The highest BCUT2D eigenvalue weighted by Crippen LogP contribution is 2.42. The highest BCUT2D eigenvalue weighted by atomic mass is 16.6. The maximum absolute atomic E-state index is 12.5. The van der Waals surface area contributed by atoms with E-state index in [4.69, 9.17) is 9.47 Å². The number of esters is 2. The SMILES string of the molecule is COc1cc2c(c(O)c1COC(=O)c1c(C)cc(O)c(C)c1O)C(=O)O[C@H]2O. The maximum atomic E-state index is 12.5. The van der Waals surface area contributed by atoms with E-state index in [1.54, 1.807) is 0 Å². The molecule has 0 aromatic heterocycles. The van der Waals surface area contributed by atoms with Crippen molar-refractivity contribution in [1.82, 2.24) is 0 Å². The first-order valence-corrected chi connectivity index (χ1v) is 8.18. The maximum Gasteiger partial charge on any atom is 0.345 e. The molecule has 0 radical (unpaired) electrons. The lowest BCUT2D eigenvalue weighted by atomic mass is 10.0. The molecular weight excluding hydrogens is 372 g/mol. The Morgan fingerprint density at radius 3 is 2.50 bits per heavy atom. The van der Waals surface area contributed by atoms with Gasteiger partial charge in [-0.1, -0.05) is 0 Å². The summed E-state index contributed by atoms with van der Waals surface area (Å²) in [7, 11) is 1.30. The number of carbonyl (C=O) groups is 2. The van der Waals surface area contributed by atoms with Crippen molar-refractivity contribution in [2.24, 2.45) is 0 Å². The third-order valence-corrected chi connectivity index (χ3v) is 4.58. The molecular formula is C19H18O9. The van der Waals surface area contributed by atoms with E-state index in [1.807, 2.05) is 0 Å². The van der Waals surface area contributed by atoms with Gasteiger partial charge in [0.1, 0.15) is 40.7 Å². The highest BCUT2D eigenvalue weighted by Gasteiger charge is 2.36. The third kappa shape index (κ3) is 2.95. The Kier molecular flexibility index (Phi) is 4.78. The molecule has 9 nitrogen and oxygen atoms in total. The van der Waals surface area contributed by atoms with Crippen molar-refractivity contribution in [2.45, 2.75) is 26.7 Å². The van der Waals surface area contributed by atoms with Gasteiger partial charge in [-0.15, -0.1) is 0 Å². The number of ether oxygens (including phenoxy) is 3. The van der Waals surface area contributed by atoms with Gasteiger partial charge in [-0.2, -0.15) is 0 Å².